The van der Waals surface area contributed by atoms with Gasteiger partial charge in [-0.3, -0.25) is 0 Å². The summed E-state index contributed by atoms with van der Waals surface area (Å²) in [5.74, 6) is -1.92. The minimum absolute atomic E-state index is 0.187. The molecule has 0 bridgehead atoms. The predicted octanol–water partition coefficient (Wildman–Crippen LogP) is 8.38. The van der Waals surface area contributed by atoms with Crippen molar-refractivity contribution in [2.45, 2.75) is 52.1 Å². The summed E-state index contributed by atoms with van der Waals surface area (Å²) in [4.78, 5) is 0. The van der Waals surface area contributed by atoms with Gasteiger partial charge in [0.05, 0.1) is 0 Å². The van der Waals surface area contributed by atoms with Crippen LogP contribution in [-0.2, 0) is 32.1 Å². The molecule has 0 aliphatic heterocycles. The highest BCUT2D eigenvalue weighted by molar-refractivity contribution is 5.84. The van der Waals surface area contributed by atoms with Crippen molar-refractivity contribution in [2.75, 3.05) is 0 Å². The normalized spacial score (nSPS) is 11.4. The number of benzene rings is 4. The van der Waals surface area contributed by atoms with Gasteiger partial charge >= 0.3 is 6.61 Å². The Morgan fingerprint density at radius 1 is 0.639 bits per heavy atom. The molecule has 0 saturated heterocycles. The van der Waals surface area contributed by atoms with Crippen LogP contribution in [0.1, 0.15) is 41.2 Å². The Morgan fingerprint density at radius 2 is 1.25 bits per heavy atom. The summed E-state index contributed by atoms with van der Waals surface area (Å²) in [6, 6.07) is 18.3. The number of hydrogen-bond acceptors (Lipinski definition) is 1. The van der Waals surface area contributed by atoms with E-state index in [0.29, 0.717) is 47.8 Å². The van der Waals surface area contributed by atoms with Gasteiger partial charge in [-0.1, -0.05) is 61.9 Å². The average Bonchev–Trinajstić information content (AvgIpc) is 2.84. The Hall–Kier alpha value is -3.41. The minimum atomic E-state index is -3.10. The molecule has 0 unspecified atom stereocenters. The number of ether oxygens (including phenoxy) is 1. The molecule has 0 heterocycles. The highest BCUT2D eigenvalue weighted by Gasteiger charge is 2.12. The molecule has 0 aliphatic rings. The van der Waals surface area contributed by atoms with Crippen LogP contribution in [0.4, 0.5) is 22.0 Å². The molecule has 0 radical (unpaired) electrons. The van der Waals surface area contributed by atoms with Crippen molar-refractivity contribution in [3.63, 3.8) is 0 Å². The van der Waals surface area contributed by atoms with E-state index in [4.69, 9.17) is 0 Å². The third-order valence-electron chi connectivity index (χ3n) is 6.33. The minimum Gasteiger partial charge on any atom is -0.432 e. The molecule has 4 aromatic rings. The summed E-state index contributed by atoms with van der Waals surface area (Å²) in [7, 11) is 0. The van der Waals surface area contributed by atoms with Crippen LogP contribution in [0.2, 0.25) is 0 Å². The monoisotopic (exact) mass is 498 g/mol. The van der Waals surface area contributed by atoms with Crippen molar-refractivity contribution in [3.05, 3.63) is 112 Å². The van der Waals surface area contributed by atoms with E-state index in [1.54, 1.807) is 18.2 Å². The van der Waals surface area contributed by atoms with Crippen LogP contribution in [0.15, 0.2) is 66.7 Å². The number of aryl methyl sites for hydroxylation is 5. The van der Waals surface area contributed by atoms with Gasteiger partial charge in [-0.15, -0.1) is 0 Å². The number of fused-ring (bicyclic) bond motifs is 1. The van der Waals surface area contributed by atoms with Gasteiger partial charge in [-0.2, -0.15) is 8.78 Å². The molecule has 0 aromatic heterocycles. The quantitative estimate of drug-likeness (QED) is 0.200. The second kappa shape index (κ2) is 11.5. The summed E-state index contributed by atoms with van der Waals surface area (Å²) < 4.78 is 72.2. The molecule has 1 nitrogen and oxygen atoms in total. The van der Waals surface area contributed by atoms with E-state index < -0.39 is 18.2 Å². The van der Waals surface area contributed by atoms with Gasteiger partial charge in [0.25, 0.3) is 0 Å². The smallest absolute Gasteiger partial charge is 0.387 e. The molecule has 4 aromatic carbocycles. The Bertz CT molecular complexity index is 1350. The fourth-order valence-electron chi connectivity index (χ4n) is 4.42. The van der Waals surface area contributed by atoms with Gasteiger partial charge < -0.3 is 4.74 Å². The molecule has 0 spiro atoms. The van der Waals surface area contributed by atoms with E-state index in [0.717, 1.165) is 41.5 Å². The zero-order valence-electron chi connectivity index (χ0n) is 20.0. The fraction of sp³-hybridized carbons (Fsp3) is 0.267. The van der Waals surface area contributed by atoms with Gasteiger partial charge in [-0.25, -0.2) is 13.2 Å². The molecule has 0 atom stereocenters. The molecule has 36 heavy (non-hydrogen) atoms. The first-order chi connectivity index (χ1) is 17.3. The maximum atomic E-state index is 15.2. The van der Waals surface area contributed by atoms with E-state index in [1.807, 2.05) is 30.3 Å². The van der Waals surface area contributed by atoms with E-state index in [2.05, 4.69) is 11.7 Å². The van der Waals surface area contributed by atoms with Crippen LogP contribution in [0.5, 0.6) is 5.75 Å². The standard InChI is InChI=1S/C30H27F5O/c1-2-3-19-4-9-22(26(31)17-19)10-5-20-7-14-25-24(16-20)13-12-23(29(25)33)11-6-21-8-15-28(27(32)18-21)36-30(34)35/h4,7-9,12-18,30H,2-3,5-6,10-11H2,1H3. The first kappa shape index (κ1) is 25.7. The molecule has 188 valence electrons. The maximum Gasteiger partial charge on any atom is 0.387 e. The summed E-state index contributed by atoms with van der Waals surface area (Å²) in [6.07, 6.45) is 3.69. The maximum absolute atomic E-state index is 15.2. The zero-order chi connectivity index (χ0) is 25.7. The predicted molar refractivity (Wildman–Crippen MR) is 132 cm³/mol. The van der Waals surface area contributed by atoms with Crippen molar-refractivity contribution >= 4 is 10.8 Å². The van der Waals surface area contributed by atoms with Gasteiger partial charge in [0, 0.05) is 5.39 Å². The summed E-state index contributed by atoms with van der Waals surface area (Å²) >= 11 is 0. The zero-order valence-corrected chi connectivity index (χ0v) is 20.0. The van der Waals surface area contributed by atoms with Crippen molar-refractivity contribution in [3.8, 4) is 5.75 Å². The average molecular weight is 499 g/mol. The highest BCUT2D eigenvalue weighted by Crippen LogP contribution is 2.26. The van der Waals surface area contributed by atoms with Crippen LogP contribution in [0.3, 0.4) is 0 Å². The number of alkyl halides is 2. The van der Waals surface area contributed by atoms with E-state index in [-0.39, 0.29) is 11.6 Å². The molecule has 6 heteroatoms. The SMILES string of the molecule is CCCc1ccc(CCc2ccc3c(F)c(CCc4ccc(OC(F)F)c(F)c4)ccc3c2)c(F)c1. The molecule has 0 amide bonds. The van der Waals surface area contributed by atoms with E-state index in [1.165, 1.54) is 6.07 Å². The lowest BCUT2D eigenvalue weighted by molar-refractivity contribution is -0.0522. The van der Waals surface area contributed by atoms with Crippen LogP contribution < -0.4 is 4.74 Å². The van der Waals surface area contributed by atoms with Crippen molar-refractivity contribution in [2.24, 2.45) is 0 Å². The molecule has 0 saturated carbocycles. The summed E-state index contributed by atoms with van der Waals surface area (Å²) in [5, 5.41) is 1.24. The number of halogens is 5. The van der Waals surface area contributed by atoms with Crippen LogP contribution in [0.25, 0.3) is 10.8 Å². The number of hydrogen-bond donors (Lipinski definition) is 0. The Balaban J connectivity index is 1.42. The van der Waals surface area contributed by atoms with Gasteiger partial charge in [0.1, 0.15) is 11.6 Å². The van der Waals surface area contributed by atoms with Crippen LogP contribution in [-0.4, -0.2) is 6.61 Å². The van der Waals surface area contributed by atoms with Crippen LogP contribution in [0, 0.1) is 17.5 Å². The highest BCUT2D eigenvalue weighted by atomic mass is 19.3. The van der Waals surface area contributed by atoms with E-state index in [9.17, 15) is 17.6 Å². The number of rotatable bonds is 10. The fourth-order valence-corrected chi connectivity index (χ4v) is 4.42. The third-order valence-corrected chi connectivity index (χ3v) is 6.33. The van der Waals surface area contributed by atoms with Crippen molar-refractivity contribution in [1.29, 1.82) is 0 Å². The summed E-state index contributed by atoms with van der Waals surface area (Å²) in [6.45, 7) is -1.04. The van der Waals surface area contributed by atoms with Crippen molar-refractivity contribution < 1.29 is 26.7 Å². The lowest BCUT2D eigenvalue weighted by Crippen LogP contribution is -2.04. The van der Waals surface area contributed by atoms with Crippen LogP contribution >= 0.6 is 0 Å². The van der Waals surface area contributed by atoms with Gasteiger partial charge in [0.2, 0.25) is 0 Å². The third kappa shape index (κ3) is 6.23. The lowest BCUT2D eigenvalue weighted by Gasteiger charge is -2.10. The molecule has 0 N–H and O–H groups in total. The summed E-state index contributed by atoms with van der Waals surface area (Å²) in [5.41, 5.74) is 3.70. The molecule has 4 rings (SSSR count). The molecule has 0 fully saturated rings. The van der Waals surface area contributed by atoms with Crippen molar-refractivity contribution in [1.82, 2.24) is 0 Å². The second-order valence-electron chi connectivity index (χ2n) is 8.91. The van der Waals surface area contributed by atoms with Gasteiger partial charge in [0.15, 0.2) is 11.6 Å². The van der Waals surface area contributed by atoms with Gasteiger partial charge in [-0.05, 0) is 83.5 Å². The molecule has 0 aliphatic carbocycles. The Kier molecular flexibility index (Phi) is 8.24. The second-order valence-corrected chi connectivity index (χ2v) is 8.91. The Morgan fingerprint density at radius 3 is 1.94 bits per heavy atom. The largest absolute Gasteiger partial charge is 0.432 e. The first-order valence-electron chi connectivity index (χ1n) is 12.0. The molecular weight excluding hydrogens is 471 g/mol. The molecular formula is C30H27F5O. The first-order valence-corrected chi connectivity index (χ1v) is 12.0. The topological polar surface area (TPSA) is 9.23 Å². The van der Waals surface area contributed by atoms with E-state index >= 15 is 4.39 Å². The Labute approximate surface area is 207 Å². The lowest BCUT2D eigenvalue weighted by atomic mass is 9.97.